The zero-order valence-electron chi connectivity index (χ0n) is 13.1. The number of rotatable bonds is 3. The van der Waals surface area contributed by atoms with E-state index in [0.29, 0.717) is 17.2 Å². The number of benzene rings is 1. The number of nitrogens with zero attached hydrogens (tertiary/aromatic N) is 2. The lowest BCUT2D eigenvalue weighted by molar-refractivity contribution is 0.467. The van der Waals surface area contributed by atoms with Crippen molar-refractivity contribution in [1.82, 2.24) is 9.97 Å². The minimum Gasteiger partial charge on any atom is -0.437 e. The maximum atomic E-state index is 11.8. The van der Waals surface area contributed by atoms with E-state index >= 15 is 0 Å². The second kappa shape index (κ2) is 5.72. The van der Waals surface area contributed by atoms with E-state index in [4.69, 9.17) is 9.15 Å². The second-order valence-corrected chi connectivity index (χ2v) is 6.67. The third-order valence-electron chi connectivity index (χ3n) is 3.80. The smallest absolute Gasteiger partial charge is 0.336 e. The van der Waals surface area contributed by atoms with Crippen LogP contribution in [-0.4, -0.2) is 9.97 Å². The molecule has 0 amide bonds. The largest absolute Gasteiger partial charge is 0.437 e. The zero-order chi connectivity index (χ0) is 16.7. The van der Waals surface area contributed by atoms with Crippen LogP contribution in [0.2, 0.25) is 0 Å². The molecule has 3 heterocycles. The van der Waals surface area contributed by atoms with E-state index in [0.717, 1.165) is 21.2 Å². The Kier molecular flexibility index (Phi) is 3.54. The summed E-state index contributed by atoms with van der Waals surface area (Å²) in [6.45, 7) is 4.10. The van der Waals surface area contributed by atoms with E-state index in [-0.39, 0.29) is 11.5 Å². The van der Waals surface area contributed by atoms with Gasteiger partial charge in [0.2, 0.25) is 5.88 Å². The van der Waals surface area contributed by atoms with Crippen molar-refractivity contribution >= 4 is 32.5 Å². The van der Waals surface area contributed by atoms with Gasteiger partial charge in [0, 0.05) is 17.5 Å². The number of fused-ring (bicyclic) bond motifs is 2. The molecule has 0 unspecified atom stereocenters. The van der Waals surface area contributed by atoms with Crippen molar-refractivity contribution in [3.05, 3.63) is 58.0 Å². The Bertz CT molecular complexity index is 1100. The van der Waals surface area contributed by atoms with E-state index in [9.17, 15) is 4.79 Å². The highest BCUT2D eigenvalue weighted by Gasteiger charge is 2.12. The topological polar surface area (TPSA) is 65.2 Å². The predicted molar refractivity (Wildman–Crippen MR) is 94.1 cm³/mol. The number of aromatic nitrogens is 2. The van der Waals surface area contributed by atoms with Crippen LogP contribution in [0.25, 0.3) is 21.2 Å². The third-order valence-corrected chi connectivity index (χ3v) is 4.69. The number of hydrogen-bond acceptors (Lipinski definition) is 6. The molecule has 0 spiro atoms. The lowest BCUT2D eigenvalue weighted by atomic mass is 10.00. The fourth-order valence-corrected chi connectivity index (χ4v) is 3.43. The first-order valence-electron chi connectivity index (χ1n) is 7.55. The summed E-state index contributed by atoms with van der Waals surface area (Å²) in [5.41, 5.74) is 1.97. The molecule has 4 rings (SSSR count). The van der Waals surface area contributed by atoms with Crippen LogP contribution in [0.3, 0.4) is 0 Å². The minimum absolute atomic E-state index is 0.232. The Morgan fingerprint density at radius 1 is 1.17 bits per heavy atom. The van der Waals surface area contributed by atoms with Crippen molar-refractivity contribution in [2.45, 2.75) is 19.8 Å². The average Bonchev–Trinajstić information content (AvgIpc) is 3.03. The summed E-state index contributed by atoms with van der Waals surface area (Å²) in [6.07, 6.45) is 1.47. The van der Waals surface area contributed by atoms with Gasteiger partial charge in [-0.15, -0.1) is 11.3 Å². The first-order chi connectivity index (χ1) is 11.6. The summed E-state index contributed by atoms with van der Waals surface area (Å²) in [5, 5.41) is 2.86. The summed E-state index contributed by atoms with van der Waals surface area (Å²) < 4.78 is 12.1. The van der Waals surface area contributed by atoms with E-state index in [1.807, 2.05) is 37.4 Å². The minimum atomic E-state index is -0.356. The Hall–Kier alpha value is -2.73. The van der Waals surface area contributed by atoms with Crippen LogP contribution in [0.1, 0.15) is 25.3 Å². The molecule has 0 atom stereocenters. The molecule has 6 heteroatoms. The molecular weight excluding hydrogens is 324 g/mol. The molecule has 24 heavy (non-hydrogen) atoms. The first-order valence-corrected chi connectivity index (χ1v) is 8.43. The molecule has 5 nitrogen and oxygen atoms in total. The first kappa shape index (κ1) is 14.8. The van der Waals surface area contributed by atoms with E-state index in [1.165, 1.54) is 17.7 Å². The summed E-state index contributed by atoms with van der Waals surface area (Å²) in [7, 11) is 0. The molecule has 0 radical (unpaired) electrons. The van der Waals surface area contributed by atoms with E-state index in [2.05, 4.69) is 9.97 Å². The van der Waals surface area contributed by atoms with Crippen molar-refractivity contribution in [1.29, 1.82) is 0 Å². The van der Waals surface area contributed by atoms with Gasteiger partial charge in [-0.1, -0.05) is 13.8 Å². The molecular formula is C18H14N2O3S. The molecule has 0 bridgehead atoms. The van der Waals surface area contributed by atoms with Crippen LogP contribution in [0.15, 0.2) is 51.3 Å². The van der Waals surface area contributed by atoms with Crippen LogP contribution >= 0.6 is 11.3 Å². The SMILES string of the molecule is CC(C)c1cc(=O)oc2cc(Oc3ncnc4ccsc34)ccc12. The van der Waals surface area contributed by atoms with Crippen LogP contribution in [-0.2, 0) is 0 Å². The van der Waals surface area contributed by atoms with Gasteiger partial charge in [0.05, 0.1) is 5.52 Å². The fraction of sp³-hybridized carbons (Fsp3) is 0.167. The lowest BCUT2D eigenvalue weighted by Gasteiger charge is -2.10. The summed E-state index contributed by atoms with van der Waals surface area (Å²) in [5.74, 6) is 1.30. The Morgan fingerprint density at radius 2 is 2.04 bits per heavy atom. The van der Waals surface area contributed by atoms with Gasteiger partial charge in [0.25, 0.3) is 0 Å². The molecule has 0 aliphatic heterocycles. The Balaban J connectivity index is 1.81. The molecule has 0 aliphatic rings. The van der Waals surface area contributed by atoms with Crippen molar-refractivity contribution in [3.63, 3.8) is 0 Å². The van der Waals surface area contributed by atoms with Gasteiger partial charge in [-0.05, 0) is 35.1 Å². The number of ether oxygens (including phenoxy) is 1. The van der Waals surface area contributed by atoms with Gasteiger partial charge >= 0.3 is 5.63 Å². The van der Waals surface area contributed by atoms with Gasteiger partial charge in [-0.2, -0.15) is 0 Å². The van der Waals surface area contributed by atoms with E-state index < -0.39 is 0 Å². The van der Waals surface area contributed by atoms with Gasteiger partial charge in [0.15, 0.2) is 0 Å². The maximum absolute atomic E-state index is 11.8. The Labute approximate surface area is 141 Å². The summed E-state index contributed by atoms with van der Waals surface area (Å²) in [4.78, 5) is 20.2. The van der Waals surface area contributed by atoms with Crippen LogP contribution < -0.4 is 10.4 Å². The standard InChI is InChI=1S/C18H14N2O3S/c1-10(2)13-8-16(21)23-15-7-11(3-4-12(13)15)22-18-17-14(5-6-24-17)19-9-20-18/h3-10H,1-2H3. The van der Waals surface area contributed by atoms with Crippen LogP contribution in [0.5, 0.6) is 11.6 Å². The normalized spacial score (nSPS) is 11.5. The van der Waals surface area contributed by atoms with Crippen molar-refractivity contribution in [3.8, 4) is 11.6 Å². The summed E-state index contributed by atoms with van der Waals surface area (Å²) >= 11 is 1.52. The average molecular weight is 338 g/mol. The fourth-order valence-electron chi connectivity index (χ4n) is 2.66. The molecule has 1 aromatic carbocycles. The van der Waals surface area contributed by atoms with Gasteiger partial charge in [-0.3, -0.25) is 0 Å². The van der Waals surface area contributed by atoms with Crippen LogP contribution in [0, 0.1) is 0 Å². The molecule has 4 aromatic rings. The van der Waals surface area contributed by atoms with Crippen molar-refractivity contribution in [2.24, 2.45) is 0 Å². The van der Waals surface area contributed by atoms with Gasteiger partial charge in [0.1, 0.15) is 22.4 Å². The molecule has 0 saturated carbocycles. The van der Waals surface area contributed by atoms with Crippen molar-refractivity contribution in [2.75, 3.05) is 0 Å². The molecule has 0 aliphatic carbocycles. The second-order valence-electron chi connectivity index (χ2n) is 5.75. The van der Waals surface area contributed by atoms with Gasteiger partial charge in [-0.25, -0.2) is 14.8 Å². The monoisotopic (exact) mass is 338 g/mol. The highest BCUT2D eigenvalue weighted by molar-refractivity contribution is 7.17. The quantitative estimate of drug-likeness (QED) is 0.506. The van der Waals surface area contributed by atoms with Crippen molar-refractivity contribution < 1.29 is 9.15 Å². The zero-order valence-corrected chi connectivity index (χ0v) is 14.0. The number of hydrogen-bond donors (Lipinski definition) is 0. The maximum Gasteiger partial charge on any atom is 0.336 e. The molecule has 120 valence electrons. The van der Waals surface area contributed by atoms with Crippen LogP contribution in [0.4, 0.5) is 0 Å². The number of thiophene rings is 1. The molecule has 0 fully saturated rings. The molecule has 0 N–H and O–H groups in total. The van der Waals surface area contributed by atoms with E-state index in [1.54, 1.807) is 12.1 Å². The summed E-state index contributed by atoms with van der Waals surface area (Å²) in [6, 6.07) is 8.96. The van der Waals surface area contributed by atoms with Gasteiger partial charge < -0.3 is 9.15 Å². The molecule has 0 saturated heterocycles. The predicted octanol–water partition coefficient (Wildman–Crippen LogP) is 4.71. The Morgan fingerprint density at radius 3 is 2.88 bits per heavy atom. The highest BCUT2D eigenvalue weighted by atomic mass is 32.1. The highest BCUT2D eigenvalue weighted by Crippen LogP contribution is 2.32. The third kappa shape index (κ3) is 2.55. The molecule has 3 aromatic heterocycles. The lowest BCUT2D eigenvalue weighted by Crippen LogP contribution is -2.02.